The fourth-order valence-corrected chi connectivity index (χ4v) is 3.53. The van der Waals surface area contributed by atoms with E-state index in [9.17, 15) is 9.59 Å². The predicted octanol–water partition coefficient (Wildman–Crippen LogP) is 4.40. The molecule has 2 rings (SSSR count). The van der Waals surface area contributed by atoms with E-state index in [4.69, 9.17) is 16.3 Å². The maximum atomic E-state index is 12.6. The molecule has 1 aromatic carbocycles. The number of ether oxygens (including phenoxy) is 1. The van der Waals surface area contributed by atoms with Crippen molar-refractivity contribution in [1.29, 1.82) is 0 Å². The van der Waals surface area contributed by atoms with Crippen LogP contribution in [0.25, 0.3) is 0 Å². The van der Waals surface area contributed by atoms with Gasteiger partial charge in [0.2, 0.25) is 11.8 Å². The Kier molecular flexibility index (Phi) is 8.23. The third-order valence-electron chi connectivity index (χ3n) is 4.97. The lowest BCUT2D eigenvalue weighted by atomic mass is 9.81. The molecule has 0 heterocycles. The minimum absolute atomic E-state index is 0.0291. The van der Waals surface area contributed by atoms with Gasteiger partial charge in [-0.25, -0.2) is 0 Å². The summed E-state index contributed by atoms with van der Waals surface area (Å²) in [4.78, 5) is 24.8. The van der Waals surface area contributed by atoms with Gasteiger partial charge in [0.15, 0.2) is 0 Å². The summed E-state index contributed by atoms with van der Waals surface area (Å²) in [6, 6.07) is 5.14. The second-order valence-electron chi connectivity index (χ2n) is 6.88. The normalized spacial score (nSPS) is 19.7. The van der Waals surface area contributed by atoms with Crippen LogP contribution in [0.1, 0.15) is 51.9 Å². The molecule has 1 aliphatic rings. The molecular weight excluding hydrogens is 352 g/mol. The number of anilines is 1. The smallest absolute Gasteiger partial charge is 0.227 e. The van der Waals surface area contributed by atoms with Crippen molar-refractivity contribution in [3.63, 3.8) is 0 Å². The number of amides is 2. The Morgan fingerprint density at radius 2 is 1.77 bits per heavy atom. The van der Waals surface area contributed by atoms with Crippen LogP contribution in [0, 0.1) is 11.8 Å². The van der Waals surface area contributed by atoms with Crippen molar-refractivity contribution in [3.05, 3.63) is 23.2 Å². The molecule has 0 aliphatic heterocycles. The molecule has 1 aliphatic carbocycles. The van der Waals surface area contributed by atoms with Gasteiger partial charge in [0, 0.05) is 23.4 Å². The van der Waals surface area contributed by atoms with Crippen molar-refractivity contribution in [2.24, 2.45) is 11.8 Å². The number of benzene rings is 1. The molecule has 0 radical (unpaired) electrons. The molecule has 0 spiro atoms. The van der Waals surface area contributed by atoms with Crippen LogP contribution in [0.4, 0.5) is 5.69 Å². The Morgan fingerprint density at radius 3 is 2.38 bits per heavy atom. The van der Waals surface area contributed by atoms with E-state index in [0.29, 0.717) is 16.5 Å². The lowest BCUT2D eigenvalue weighted by Gasteiger charge is -2.27. The first-order valence-electron chi connectivity index (χ1n) is 9.47. The molecule has 26 heavy (non-hydrogen) atoms. The number of carbonyl (C=O) groups excluding carboxylic acids is 2. The largest absolute Gasteiger partial charge is 0.495 e. The van der Waals surface area contributed by atoms with Gasteiger partial charge in [0.1, 0.15) is 5.75 Å². The molecule has 1 saturated carbocycles. The number of rotatable bonds is 8. The highest BCUT2D eigenvalue weighted by Crippen LogP contribution is 2.32. The summed E-state index contributed by atoms with van der Waals surface area (Å²) >= 11 is 6.01. The highest BCUT2D eigenvalue weighted by Gasteiger charge is 2.30. The molecule has 0 saturated heterocycles. The monoisotopic (exact) mass is 380 g/mol. The first-order valence-corrected chi connectivity index (χ1v) is 9.85. The molecule has 5 nitrogen and oxygen atoms in total. The maximum absolute atomic E-state index is 12.6. The Morgan fingerprint density at radius 1 is 1.12 bits per heavy atom. The maximum Gasteiger partial charge on any atom is 0.227 e. The lowest BCUT2D eigenvalue weighted by Crippen LogP contribution is -2.36. The number of unbranched alkanes of at least 4 members (excludes halogenated alkanes) is 2. The molecule has 0 bridgehead atoms. The predicted molar refractivity (Wildman–Crippen MR) is 105 cm³/mol. The van der Waals surface area contributed by atoms with E-state index in [1.165, 1.54) is 0 Å². The van der Waals surface area contributed by atoms with Crippen LogP contribution in [0.15, 0.2) is 18.2 Å². The van der Waals surface area contributed by atoms with Gasteiger partial charge in [0.05, 0.1) is 12.8 Å². The van der Waals surface area contributed by atoms with E-state index < -0.39 is 0 Å². The minimum Gasteiger partial charge on any atom is -0.495 e. The second kappa shape index (κ2) is 10.4. The summed E-state index contributed by atoms with van der Waals surface area (Å²) in [5.41, 5.74) is 0.584. The van der Waals surface area contributed by atoms with Crippen LogP contribution in [0.3, 0.4) is 0 Å². The van der Waals surface area contributed by atoms with E-state index in [1.54, 1.807) is 25.3 Å². The SMILES string of the molecule is CCCCCNC(=O)C1CCC(C(=O)Nc2cc(Cl)ccc2OC)CC1. The number of hydrogen-bond donors (Lipinski definition) is 2. The third kappa shape index (κ3) is 5.90. The Labute approximate surface area is 160 Å². The minimum atomic E-state index is -0.0807. The van der Waals surface area contributed by atoms with Gasteiger partial charge < -0.3 is 15.4 Å². The van der Waals surface area contributed by atoms with Crippen LogP contribution in [-0.4, -0.2) is 25.5 Å². The summed E-state index contributed by atoms with van der Waals surface area (Å²) in [6.07, 6.45) is 6.27. The molecular formula is C20H29ClN2O3. The van der Waals surface area contributed by atoms with Crippen LogP contribution < -0.4 is 15.4 Å². The van der Waals surface area contributed by atoms with Crippen LogP contribution in [-0.2, 0) is 9.59 Å². The highest BCUT2D eigenvalue weighted by atomic mass is 35.5. The zero-order valence-electron chi connectivity index (χ0n) is 15.6. The van der Waals surface area contributed by atoms with Crippen molar-refractivity contribution in [1.82, 2.24) is 5.32 Å². The van der Waals surface area contributed by atoms with Gasteiger partial charge in [-0.2, -0.15) is 0 Å². The lowest BCUT2D eigenvalue weighted by molar-refractivity contribution is -0.128. The van der Waals surface area contributed by atoms with E-state index in [1.807, 2.05) is 0 Å². The number of methoxy groups -OCH3 is 1. The first-order chi connectivity index (χ1) is 12.5. The average molecular weight is 381 g/mol. The summed E-state index contributed by atoms with van der Waals surface area (Å²) in [6.45, 7) is 2.90. The topological polar surface area (TPSA) is 67.4 Å². The van der Waals surface area contributed by atoms with Gasteiger partial charge in [-0.1, -0.05) is 31.4 Å². The molecule has 2 N–H and O–H groups in total. The van der Waals surface area contributed by atoms with Crippen molar-refractivity contribution in [2.45, 2.75) is 51.9 Å². The third-order valence-corrected chi connectivity index (χ3v) is 5.20. The average Bonchev–Trinajstić information content (AvgIpc) is 2.65. The summed E-state index contributed by atoms with van der Waals surface area (Å²) in [5.74, 6) is 0.635. The highest BCUT2D eigenvalue weighted by molar-refractivity contribution is 6.31. The van der Waals surface area contributed by atoms with Crippen LogP contribution >= 0.6 is 11.6 Å². The molecule has 0 aromatic heterocycles. The fraction of sp³-hybridized carbons (Fsp3) is 0.600. The number of carbonyl (C=O) groups is 2. The molecule has 1 fully saturated rings. The number of halogens is 1. The molecule has 0 atom stereocenters. The Bertz CT molecular complexity index is 613. The molecule has 6 heteroatoms. The first kappa shape index (κ1) is 20.6. The molecule has 2 amide bonds. The molecule has 0 unspecified atom stereocenters. The van der Waals surface area contributed by atoms with E-state index in [2.05, 4.69) is 17.6 Å². The quantitative estimate of drug-likeness (QED) is 0.657. The standard InChI is InChI=1S/C20H29ClN2O3/c1-3-4-5-12-22-19(24)14-6-8-15(9-7-14)20(25)23-17-13-16(21)10-11-18(17)26-2/h10-11,13-15H,3-9,12H2,1-2H3,(H,22,24)(H,23,25). The Balaban J connectivity index is 1.81. The summed E-state index contributed by atoms with van der Waals surface area (Å²) < 4.78 is 5.27. The van der Waals surface area contributed by atoms with Crippen LogP contribution in [0.5, 0.6) is 5.75 Å². The van der Waals surface area contributed by atoms with Gasteiger partial charge in [0.25, 0.3) is 0 Å². The number of nitrogens with one attached hydrogen (secondary N) is 2. The number of hydrogen-bond acceptors (Lipinski definition) is 3. The van der Waals surface area contributed by atoms with Crippen molar-refractivity contribution in [3.8, 4) is 5.75 Å². The van der Waals surface area contributed by atoms with E-state index in [-0.39, 0.29) is 23.7 Å². The van der Waals surface area contributed by atoms with Gasteiger partial charge >= 0.3 is 0 Å². The summed E-state index contributed by atoms with van der Waals surface area (Å²) in [5, 5.41) is 6.48. The van der Waals surface area contributed by atoms with Gasteiger partial charge in [-0.15, -0.1) is 0 Å². The summed E-state index contributed by atoms with van der Waals surface area (Å²) in [7, 11) is 1.56. The molecule has 144 valence electrons. The van der Waals surface area contributed by atoms with E-state index in [0.717, 1.165) is 51.5 Å². The van der Waals surface area contributed by atoms with Crippen molar-refractivity contribution in [2.75, 3.05) is 19.0 Å². The van der Waals surface area contributed by atoms with Crippen LogP contribution in [0.2, 0.25) is 5.02 Å². The zero-order chi connectivity index (χ0) is 18.9. The Hall–Kier alpha value is -1.75. The second-order valence-corrected chi connectivity index (χ2v) is 7.32. The van der Waals surface area contributed by atoms with Crippen molar-refractivity contribution >= 4 is 29.1 Å². The van der Waals surface area contributed by atoms with E-state index >= 15 is 0 Å². The van der Waals surface area contributed by atoms with Gasteiger partial charge in [-0.05, 0) is 50.3 Å². The van der Waals surface area contributed by atoms with Crippen molar-refractivity contribution < 1.29 is 14.3 Å². The molecule has 1 aromatic rings. The zero-order valence-corrected chi connectivity index (χ0v) is 16.4. The fourth-order valence-electron chi connectivity index (χ4n) is 3.36. The van der Waals surface area contributed by atoms with Gasteiger partial charge in [-0.3, -0.25) is 9.59 Å².